The number of anilines is 2. The third kappa shape index (κ3) is 3.07. The first-order valence-electron chi connectivity index (χ1n) is 6.20. The van der Waals surface area contributed by atoms with Crippen molar-refractivity contribution in [1.29, 1.82) is 0 Å². The largest absolute Gasteiger partial charge is 0.397 e. The topological polar surface area (TPSA) is 66.6 Å². The van der Waals surface area contributed by atoms with Crippen LogP contribution in [0.5, 0.6) is 0 Å². The van der Waals surface area contributed by atoms with Crippen molar-refractivity contribution in [2.24, 2.45) is 0 Å². The summed E-state index contributed by atoms with van der Waals surface area (Å²) in [4.78, 5) is 15.6. The Kier molecular flexibility index (Phi) is 4.09. The van der Waals surface area contributed by atoms with Crippen LogP contribution in [0.3, 0.4) is 0 Å². The minimum Gasteiger partial charge on any atom is -0.397 e. The quantitative estimate of drug-likeness (QED) is 0.804. The van der Waals surface area contributed by atoms with Crippen molar-refractivity contribution in [3.8, 4) is 0 Å². The first kappa shape index (κ1) is 13.9. The van der Waals surface area contributed by atoms with Crippen LogP contribution in [0.4, 0.5) is 11.4 Å². The van der Waals surface area contributed by atoms with Crippen LogP contribution in [-0.2, 0) is 10.8 Å². The molecule has 0 spiro atoms. The number of hydrogen-bond acceptors (Lipinski definition) is 4. The first-order chi connectivity index (χ1) is 8.99. The number of carbonyl (C=O) groups is 1. The summed E-state index contributed by atoms with van der Waals surface area (Å²) in [6.45, 7) is 1.44. The second kappa shape index (κ2) is 5.61. The molecule has 1 aromatic carbocycles. The van der Waals surface area contributed by atoms with Crippen LogP contribution in [0, 0.1) is 0 Å². The number of amides is 1. The van der Waals surface area contributed by atoms with E-state index in [-0.39, 0.29) is 5.91 Å². The van der Waals surface area contributed by atoms with Gasteiger partial charge in [-0.15, -0.1) is 0 Å². The van der Waals surface area contributed by atoms with Gasteiger partial charge >= 0.3 is 0 Å². The van der Waals surface area contributed by atoms with Crippen molar-refractivity contribution in [3.05, 3.63) is 23.8 Å². The zero-order valence-electron chi connectivity index (χ0n) is 11.3. The molecule has 2 N–H and O–H groups in total. The van der Waals surface area contributed by atoms with Gasteiger partial charge in [-0.05, 0) is 18.2 Å². The molecule has 1 fully saturated rings. The predicted molar refractivity (Wildman–Crippen MR) is 79.0 cm³/mol. The average Bonchev–Trinajstić information content (AvgIpc) is 2.39. The van der Waals surface area contributed by atoms with E-state index in [4.69, 9.17) is 5.73 Å². The summed E-state index contributed by atoms with van der Waals surface area (Å²) < 4.78 is 11.4. The van der Waals surface area contributed by atoms with E-state index in [9.17, 15) is 9.00 Å². The third-order valence-corrected chi connectivity index (χ3v) is 4.48. The lowest BCUT2D eigenvalue weighted by Crippen LogP contribution is -2.38. The van der Waals surface area contributed by atoms with Gasteiger partial charge in [-0.3, -0.25) is 9.00 Å². The van der Waals surface area contributed by atoms with Crippen molar-refractivity contribution in [2.45, 2.75) is 0 Å². The summed E-state index contributed by atoms with van der Waals surface area (Å²) in [5.41, 5.74) is 8.14. The molecule has 1 amide bonds. The van der Waals surface area contributed by atoms with E-state index in [2.05, 4.69) is 4.90 Å². The number of nitrogen functional groups attached to an aromatic ring is 1. The van der Waals surface area contributed by atoms with E-state index in [1.807, 2.05) is 6.07 Å². The second-order valence-electron chi connectivity index (χ2n) is 4.81. The van der Waals surface area contributed by atoms with Crippen molar-refractivity contribution in [2.75, 3.05) is 49.3 Å². The van der Waals surface area contributed by atoms with Gasteiger partial charge in [0.05, 0.1) is 11.4 Å². The highest BCUT2D eigenvalue weighted by molar-refractivity contribution is 7.85. The smallest absolute Gasteiger partial charge is 0.253 e. The molecule has 0 radical (unpaired) electrons. The highest BCUT2D eigenvalue weighted by Gasteiger charge is 2.19. The van der Waals surface area contributed by atoms with E-state index in [0.29, 0.717) is 22.8 Å². The van der Waals surface area contributed by atoms with Crippen LogP contribution in [0.1, 0.15) is 10.4 Å². The fraction of sp³-hybridized carbons (Fsp3) is 0.462. The van der Waals surface area contributed by atoms with Gasteiger partial charge in [-0.2, -0.15) is 0 Å². The summed E-state index contributed by atoms with van der Waals surface area (Å²) in [5.74, 6) is 1.28. The van der Waals surface area contributed by atoms with Crippen LogP contribution in [0.25, 0.3) is 0 Å². The first-order valence-corrected chi connectivity index (χ1v) is 7.69. The summed E-state index contributed by atoms with van der Waals surface area (Å²) in [6, 6.07) is 5.33. The zero-order valence-corrected chi connectivity index (χ0v) is 12.1. The molecule has 104 valence electrons. The second-order valence-corrected chi connectivity index (χ2v) is 6.50. The summed E-state index contributed by atoms with van der Waals surface area (Å²) >= 11 is 0. The number of rotatable bonds is 2. The van der Waals surface area contributed by atoms with Crippen LogP contribution in [0.2, 0.25) is 0 Å². The normalized spacial score (nSPS) is 16.4. The maximum atomic E-state index is 12.0. The van der Waals surface area contributed by atoms with Crippen molar-refractivity contribution < 1.29 is 9.00 Å². The molecule has 2 rings (SSSR count). The van der Waals surface area contributed by atoms with Crippen LogP contribution >= 0.6 is 0 Å². The molecular weight excluding hydrogens is 262 g/mol. The fourth-order valence-corrected chi connectivity index (χ4v) is 3.14. The van der Waals surface area contributed by atoms with Gasteiger partial charge in [0.2, 0.25) is 0 Å². The molecule has 1 saturated heterocycles. The SMILES string of the molecule is CN(C)C(=O)c1ccc(N)c(N2CCS(=O)CC2)c1. The summed E-state index contributed by atoms with van der Waals surface area (Å²) in [7, 11) is 2.73. The molecule has 1 aliphatic rings. The van der Waals surface area contributed by atoms with E-state index in [1.54, 1.807) is 31.1 Å². The van der Waals surface area contributed by atoms with Crippen molar-refractivity contribution in [3.63, 3.8) is 0 Å². The van der Waals surface area contributed by atoms with Crippen LogP contribution in [-0.4, -0.2) is 53.7 Å². The van der Waals surface area contributed by atoms with Gasteiger partial charge in [0.25, 0.3) is 5.91 Å². The summed E-state index contributed by atoms with van der Waals surface area (Å²) in [5, 5.41) is 0. The third-order valence-electron chi connectivity index (χ3n) is 3.20. The minimum atomic E-state index is -0.720. The number of carbonyl (C=O) groups excluding carboxylic acids is 1. The molecule has 0 unspecified atom stereocenters. The number of nitrogens with zero attached hydrogens (tertiary/aromatic N) is 2. The highest BCUT2D eigenvalue weighted by Crippen LogP contribution is 2.26. The predicted octanol–water partition coefficient (Wildman–Crippen LogP) is 0.539. The number of nitrogens with two attached hydrogens (primary N) is 1. The Morgan fingerprint density at radius 2 is 1.95 bits per heavy atom. The van der Waals surface area contributed by atoms with Crippen LogP contribution < -0.4 is 10.6 Å². The zero-order chi connectivity index (χ0) is 14.0. The van der Waals surface area contributed by atoms with Gasteiger partial charge in [0.15, 0.2) is 0 Å². The molecule has 0 saturated carbocycles. The lowest BCUT2D eigenvalue weighted by Gasteiger charge is -2.29. The monoisotopic (exact) mass is 281 g/mol. The molecule has 0 aliphatic carbocycles. The van der Waals surface area contributed by atoms with Gasteiger partial charge in [-0.25, -0.2) is 0 Å². The Hall–Kier alpha value is -1.56. The van der Waals surface area contributed by atoms with Crippen molar-refractivity contribution in [1.82, 2.24) is 4.90 Å². The lowest BCUT2D eigenvalue weighted by atomic mass is 10.1. The Morgan fingerprint density at radius 1 is 1.32 bits per heavy atom. The molecule has 0 bridgehead atoms. The van der Waals surface area contributed by atoms with Crippen molar-refractivity contribution >= 4 is 28.1 Å². The van der Waals surface area contributed by atoms with E-state index in [1.165, 1.54) is 0 Å². The number of hydrogen-bond donors (Lipinski definition) is 1. The van der Waals surface area contributed by atoms with E-state index < -0.39 is 10.8 Å². The van der Waals surface area contributed by atoms with Gasteiger partial charge in [-0.1, -0.05) is 0 Å². The van der Waals surface area contributed by atoms with Gasteiger partial charge in [0.1, 0.15) is 0 Å². The lowest BCUT2D eigenvalue weighted by molar-refractivity contribution is 0.0827. The molecule has 6 heteroatoms. The molecule has 0 aromatic heterocycles. The standard InChI is InChI=1S/C13H19N3O2S/c1-15(2)13(17)10-3-4-11(14)12(9-10)16-5-7-19(18)8-6-16/h3-4,9H,5-8,14H2,1-2H3. The fourth-order valence-electron chi connectivity index (χ4n) is 2.09. The molecular formula is C13H19N3O2S. The van der Waals surface area contributed by atoms with Gasteiger partial charge in [0, 0.05) is 55.1 Å². The Morgan fingerprint density at radius 3 is 2.53 bits per heavy atom. The maximum Gasteiger partial charge on any atom is 0.253 e. The van der Waals surface area contributed by atoms with Crippen LogP contribution in [0.15, 0.2) is 18.2 Å². The van der Waals surface area contributed by atoms with E-state index in [0.717, 1.165) is 18.8 Å². The minimum absolute atomic E-state index is 0.0400. The molecule has 0 atom stereocenters. The molecule has 1 aromatic rings. The summed E-state index contributed by atoms with van der Waals surface area (Å²) in [6.07, 6.45) is 0. The molecule has 1 heterocycles. The maximum absolute atomic E-state index is 12.0. The Labute approximate surface area is 115 Å². The average molecular weight is 281 g/mol. The Balaban J connectivity index is 2.27. The Bertz CT molecular complexity index is 507. The number of benzene rings is 1. The molecule has 1 aliphatic heterocycles. The van der Waals surface area contributed by atoms with E-state index >= 15 is 0 Å². The highest BCUT2D eigenvalue weighted by atomic mass is 32.2. The van der Waals surface area contributed by atoms with Gasteiger partial charge < -0.3 is 15.5 Å². The molecule has 5 nitrogen and oxygen atoms in total. The molecule has 19 heavy (non-hydrogen) atoms.